The second-order valence-electron chi connectivity index (χ2n) is 8.48. The Morgan fingerprint density at radius 3 is 2.39 bits per heavy atom. The molecule has 4 rings (SSSR count). The first-order valence-corrected chi connectivity index (χ1v) is 12.3. The van der Waals surface area contributed by atoms with Crippen LogP contribution < -0.4 is 20.1 Å². The zero-order valence-corrected chi connectivity index (χ0v) is 21.0. The predicted octanol–water partition coefficient (Wildman–Crippen LogP) is 4.70. The third-order valence-electron chi connectivity index (χ3n) is 5.77. The summed E-state index contributed by atoms with van der Waals surface area (Å²) in [5.41, 5.74) is 8.81. The summed E-state index contributed by atoms with van der Waals surface area (Å²) >= 11 is 0. The molecule has 0 aromatic heterocycles. The maximum Gasteiger partial charge on any atom is 0.333 e. The van der Waals surface area contributed by atoms with Crippen molar-refractivity contribution in [3.8, 4) is 11.5 Å². The van der Waals surface area contributed by atoms with E-state index in [1.54, 1.807) is 6.92 Å². The summed E-state index contributed by atoms with van der Waals surface area (Å²) in [6.07, 6.45) is -0.475. The molecular formula is C29H36N2O5. The number of benzene rings is 3. The number of para-hydroxylation sites is 2. The van der Waals surface area contributed by atoms with E-state index in [0.717, 1.165) is 35.8 Å². The lowest BCUT2D eigenvalue weighted by Crippen LogP contribution is -2.35. The largest absolute Gasteiger partial charge is 0.492 e. The second-order valence-corrected chi connectivity index (χ2v) is 8.48. The van der Waals surface area contributed by atoms with E-state index >= 15 is 0 Å². The van der Waals surface area contributed by atoms with Crippen molar-refractivity contribution >= 4 is 11.7 Å². The molecule has 3 aromatic rings. The molecule has 7 nitrogen and oxygen atoms in total. The van der Waals surface area contributed by atoms with E-state index in [9.17, 15) is 4.79 Å². The van der Waals surface area contributed by atoms with Crippen LogP contribution in [-0.2, 0) is 16.0 Å². The quantitative estimate of drug-likeness (QED) is 0.424. The third-order valence-corrected chi connectivity index (χ3v) is 5.77. The van der Waals surface area contributed by atoms with Gasteiger partial charge in [-0.1, -0.05) is 54.6 Å². The molecule has 0 fully saturated rings. The topological polar surface area (TPSA) is 94.2 Å². The molecule has 3 N–H and O–H groups in total. The smallest absolute Gasteiger partial charge is 0.333 e. The van der Waals surface area contributed by atoms with Crippen LogP contribution in [0.25, 0.3) is 0 Å². The van der Waals surface area contributed by atoms with E-state index in [-0.39, 0.29) is 6.04 Å². The highest BCUT2D eigenvalue weighted by Crippen LogP contribution is 2.30. The second kappa shape index (κ2) is 14.1. The monoisotopic (exact) mass is 492 g/mol. The summed E-state index contributed by atoms with van der Waals surface area (Å²) in [6, 6.07) is 25.7. The Labute approximate surface area is 213 Å². The highest BCUT2D eigenvalue weighted by atomic mass is 16.5. The van der Waals surface area contributed by atoms with Gasteiger partial charge in [0.1, 0.15) is 24.7 Å². The average Bonchev–Trinajstić information content (AvgIpc) is 2.90. The minimum absolute atomic E-state index is 0.159. The van der Waals surface area contributed by atoms with E-state index in [4.69, 9.17) is 25.1 Å². The van der Waals surface area contributed by atoms with E-state index in [2.05, 4.69) is 11.0 Å². The van der Waals surface area contributed by atoms with Gasteiger partial charge in [-0.15, -0.1) is 0 Å². The first-order chi connectivity index (χ1) is 17.5. The summed E-state index contributed by atoms with van der Waals surface area (Å²) in [7, 11) is 0. The zero-order chi connectivity index (χ0) is 25.8. The van der Waals surface area contributed by atoms with Gasteiger partial charge in [-0.25, -0.2) is 4.79 Å². The van der Waals surface area contributed by atoms with Crippen molar-refractivity contribution in [2.45, 2.75) is 32.4 Å². The molecule has 3 aromatic carbocycles. The lowest BCUT2D eigenvalue weighted by Gasteiger charge is -2.31. The van der Waals surface area contributed by atoms with Gasteiger partial charge in [0, 0.05) is 19.1 Å². The number of aliphatic carboxylic acids is 1. The van der Waals surface area contributed by atoms with Crippen molar-refractivity contribution in [1.29, 1.82) is 0 Å². The van der Waals surface area contributed by atoms with Crippen molar-refractivity contribution in [2.24, 2.45) is 5.73 Å². The molecule has 1 aliphatic heterocycles. The Bertz CT molecular complexity index is 1060. The van der Waals surface area contributed by atoms with Gasteiger partial charge in [0.25, 0.3) is 0 Å². The van der Waals surface area contributed by atoms with Crippen LogP contribution in [0.15, 0.2) is 78.9 Å². The van der Waals surface area contributed by atoms with Gasteiger partial charge in [-0.05, 0) is 49.2 Å². The van der Waals surface area contributed by atoms with Crippen LogP contribution in [0.5, 0.6) is 11.5 Å². The molecule has 0 aliphatic carbocycles. The summed E-state index contributed by atoms with van der Waals surface area (Å²) in [4.78, 5) is 13.4. The van der Waals surface area contributed by atoms with Gasteiger partial charge in [0.2, 0.25) is 0 Å². The number of hydrogen-bond donors (Lipinski definition) is 2. The number of carboxylic acids is 1. The van der Waals surface area contributed by atoms with Crippen molar-refractivity contribution in [3.05, 3.63) is 90.0 Å². The fourth-order valence-electron chi connectivity index (χ4n) is 3.84. The first kappa shape index (κ1) is 27.0. The summed E-state index contributed by atoms with van der Waals surface area (Å²) in [5.74, 6) is 0.738. The maximum atomic E-state index is 11.2. The lowest BCUT2D eigenvalue weighted by atomic mass is 10.1. The molecule has 0 radical (unpaired) electrons. The lowest BCUT2D eigenvalue weighted by molar-refractivity contribution is -0.149. The minimum atomic E-state index is -0.942. The molecule has 0 amide bonds. The molecule has 0 saturated carbocycles. The minimum Gasteiger partial charge on any atom is -0.492 e. The van der Waals surface area contributed by atoms with Gasteiger partial charge in [0.05, 0.1) is 18.8 Å². The molecule has 36 heavy (non-hydrogen) atoms. The Kier molecular flexibility index (Phi) is 10.6. The van der Waals surface area contributed by atoms with Crippen LogP contribution >= 0.6 is 0 Å². The average molecular weight is 493 g/mol. The van der Waals surface area contributed by atoms with Gasteiger partial charge in [-0.3, -0.25) is 0 Å². The fraction of sp³-hybridized carbons (Fsp3) is 0.345. The number of carboxylic acid groups (broad SMARTS) is 1. The molecule has 0 spiro atoms. The molecule has 1 heterocycles. The SMILES string of the molecule is CCO[C@@H](Cc1ccc(OCCN2CCOc3ccccc32)cc1)C(=O)O.C[C@@H](N)c1ccccc1. The molecule has 192 valence electrons. The highest BCUT2D eigenvalue weighted by molar-refractivity contribution is 5.72. The summed E-state index contributed by atoms with van der Waals surface area (Å²) in [6.45, 7) is 7.00. The van der Waals surface area contributed by atoms with Crippen LogP contribution in [0.4, 0.5) is 5.69 Å². The Morgan fingerprint density at radius 1 is 1.06 bits per heavy atom. The van der Waals surface area contributed by atoms with Crippen LogP contribution in [-0.4, -0.2) is 50.1 Å². The summed E-state index contributed by atoms with van der Waals surface area (Å²) in [5, 5.41) is 9.17. The van der Waals surface area contributed by atoms with Crippen molar-refractivity contribution in [1.82, 2.24) is 0 Å². The van der Waals surface area contributed by atoms with Crippen LogP contribution in [0.2, 0.25) is 0 Å². The fourth-order valence-corrected chi connectivity index (χ4v) is 3.84. The Balaban J connectivity index is 0.000000338. The van der Waals surface area contributed by atoms with Crippen LogP contribution in [0, 0.1) is 0 Å². The van der Waals surface area contributed by atoms with Crippen molar-refractivity contribution in [2.75, 3.05) is 37.8 Å². The molecule has 0 bridgehead atoms. The zero-order valence-electron chi connectivity index (χ0n) is 21.0. The van der Waals surface area contributed by atoms with Crippen LogP contribution in [0.3, 0.4) is 0 Å². The number of nitrogens with two attached hydrogens (primary N) is 1. The highest BCUT2D eigenvalue weighted by Gasteiger charge is 2.18. The number of anilines is 1. The maximum absolute atomic E-state index is 11.2. The Hall–Kier alpha value is -3.55. The molecule has 7 heteroatoms. The molecular weight excluding hydrogens is 456 g/mol. The Morgan fingerprint density at radius 2 is 1.75 bits per heavy atom. The van der Waals surface area contributed by atoms with Crippen molar-refractivity contribution in [3.63, 3.8) is 0 Å². The summed E-state index contributed by atoms with van der Waals surface area (Å²) < 4.78 is 16.8. The first-order valence-electron chi connectivity index (χ1n) is 12.3. The molecule has 1 aliphatic rings. The van der Waals surface area contributed by atoms with Gasteiger partial charge in [0.15, 0.2) is 6.10 Å². The number of rotatable bonds is 10. The standard InChI is InChI=1S/C21H25NO5.C8H11N/c1-2-25-20(21(23)24)15-16-7-9-17(10-8-16)26-13-11-22-12-14-27-19-6-4-3-5-18(19)22;1-7(9)8-5-3-2-4-6-8/h3-10,20H,2,11-15H2,1H3,(H,23,24);2-7H,9H2,1H3/t20-;7-/m01/s1. The van der Waals surface area contributed by atoms with E-state index in [1.807, 2.05) is 79.7 Å². The van der Waals surface area contributed by atoms with Crippen LogP contribution in [0.1, 0.15) is 31.0 Å². The van der Waals surface area contributed by atoms with E-state index in [1.165, 1.54) is 5.56 Å². The van der Waals surface area contributed by atoms with E-state index < -0.39 is 12.1 Å². The van der Waals surface area contributed by atoms with Gasteiger partial charge >= 0.3 is 5.97 Å². The number of hydrogen-bond acceptors (Lipinski definition) is 6. The number of carbonyl (C=O) groups is 1. The normalized spacial score (nSPS) is 13.9. The van der Waals surface area contributed by atoms with Gasteiger partial charge in [-0.2, -0.15) is 0 Å². The molecule has 0 saturated heterocycles. The van der Waals surface area contributed by atoms with E-state index in [0.29, 0.717) is 26.2 Å². The number of nitrogens with zero attached hydrogens (tertiary/aromatic N) is 1. The van der Waals surface area contributed by atoms with Gasteiger partial charge < -0.3 is 30.0 Å². The van der Waals surface area contributed by atoms with Crippen molar-refractivity contribution < 1.29 is 24.1 Å². The number of fused-ring (bicyclic) bond motifs is 1. The predicted molar refractivity (Wildman–Crippen MR) is 142 cm³/mol. The number of ether oxygens (including phenoxy) is 3. The molecule has 0 unspecified atom stereocenters. The molecule has 2 atom stereocenters. The third kappa shape index (κ3) is 8.29.